The summed E-state index contributed by atoms with van der Waals surface area (Å²) in [5.74, 6) is 0.0814. The first-order chi connectivity index (χ1) is 9.29. The van der Waals surface area contributed by atoms with E-state index in [4.69, 9.17) is 17.3 Å². The predicted molar refractivity (Wildman–Crippen MR) is 92.2 cm³/mol. The van der Waals surface area contributed by atoms with Gasteiger partial charge in [-0.3, -0.25) is 4.79 Å². The fourth-order valence-electron chi connectivity index (χ4n) is 2.04. The number of rotatable bonds is 6. The molecule has 1 amide bonds. The van der Waals surface area contributed by atoms with E-state index in [0.29, 0.717) is 6.54 Å². The van der Waals surface area contributed by atoms with Gasteiger partial charge in [-0.2, -0.15) is 0 Å². The van der Waals surface area contributed by atoms with E-state index in [1.165, 1.54) is 0 Å². The summed E-state index contributed by atoms with van der Waals surface area (Å²) in [6.07, 6.45) is 0.891. The van der Waals surface area contributed by atoms with Crippen LogP contribution >= 0.6 is 24.0 Å². The molecule has 120 valence electrons. The molecule has 2 atom stereocenters. The van der Waals surface area contributed by atoms with E-state index in [0.717, 1.165) is 17.0 Å². The Morgan fingerprint density at radius 1 is 1.38 bits per heavy atom. The molecule has 3 nitrogen and oxygen atoms in total. The molecule has 3 N–H and O–H groups in total. The molecule has 1 aromatic rings. The molecule has 1 rings (SSSR count). The maximum Gasteiger partial charge on any atom is 0.237 e. The van der Waals surface area contributed by atoms with Crippen molar-refractivity contribution in [3.8, 4) is 0 Å². The summed E-state index contributed by atoms with van der Waals surface area (Å²) in [5, 5.41) is 3.66. The highest BCUT2D eigenvalue weighted by molar-refractivity contribution is 6.31. The molecule has 0 spiro atoms. The Morgan fingerprint density at radius 3 is 2.48 bits per heavy atom. The number of halogens is 2. The van der Waals surface area contributed by atoms with Crippen LogP contribution in [0.5, 0.6) is 0 Å². The van der Waals surface area contributed by atoms with Crippen molar-refractivity contribution >= 4 is 29.9 Å². The minimum Gasteiger partial charge on any atom is -0.354 e. The number of carbonyl (C=O) groups is 1. The lowest BCUT2D eigenvalue weighted by molar-refractivity contribution is -0.123. The summed E-state index contributed by atoms with van der Waals surface area (Å²) < 4.78 is 0. The smallest absolute Gasteiger partial charge is 0.237 e. The van der Waals surface area contributed by atoms with Gasteiger partial charge in [-0.25, -0.2) is 0 Å². The van der Waals surface area contributed by atoms with E-state index in [1.54, 1.807) is 0 Å². The number of nitrogens with two attached hydrogens (primary N) is 1. The molecule has 0 aromatic heterocycles. The van der Waals surface area contributed by atoms with Crippen LogP contribution in [0.1, 0.15) is 39.7 Å². The molecule has 0 aliphatic heterocycles. The van der Waals surface area contributed by atoms with Gasteiger partial charge in [0.25, 0.3) is 0 Å². The van der Waals surface area contributed by atoms with Crippen LogP contribution in [0.2, 0.25) is 5.02 Å². The molecule has 0 bridgehead atoms. The largest absolute Gasteiger partial charge is 0.354 e. The molecule has 0 aliphatic carbocycles. The quantitative estimate of drug-likeness (QED) is 0.837. The zero-order chi connectivity index (χ0) is 15.3. The van der Waals surface area contributed by atoms with Crippen molar-refractivity contribution in [2.75, 3.05) is 6.54 Å². The fraction of sp³-hybridized carbons (Fsp3) is 0.562. The van der Waals surface area contributed by atoms with Crippen molar-refractivity contribution < 1.29 is 4.79 Å². The van der Waals surface area contributed by atoms with Crippen molar-refractivity contribution in [2.24, 2.45) is 11.7 Å². The van der Waals surface area contributed by atoms with E-state index in [1.807, 2.05) is 38.1 Å². The maximum absolute atomic E-state index is 12.0. The highest BCUT2D eigenvalue weighted by Gasteiger charge is 2.26. The summed E-state index contributed by atoms with van der Waals surface area (Å²) >= 11 is 6.22. The lowest BCUT2D eigenvalue weighted by Gasteiger charge is -2.28. The van der Waals surface area contributed by atoms with E-state index >= 15 is 0 Å². The highest BCUT2D eigenvalue weighted by atomic mass is 35.5. The highest BCUT2D eigenvalue weighted by Crippen LogP contribution is 2.29. The molecule has 0 fully saturated rings. The average molecular weight is 333 g/mol. The third kappa shape index (κ3) is 5.50. The van der Waals surface area contributed by atoms with E-state index in [2.05, 4.69) is 19.2 Å². The Hall–Kier alpha value is -0.770. The number of hydrogen-bond donors (Lipinski definition) is 2. The van der Waals surface area contributed by atoms with Crippen LogP contribution in [0.25, 0.3) is 0 Å². The van der Waals surface area contributed by atoms with Crippen LogP contribution in [0.4, 0.5) is 0 Å². The second-order valence-corrected chi connectivity index (χ2v) is 6.40. The summed E-state index contributed by atoms with van der Waals surface area (Å²) in [4.78, 5) is 12.0. The Bertz CT molecular complexity index is 463. The van der Waals surface area contributed by atoms with Gasteiger partial charge in [0, 0.05) is 17.0 Å². The van der Waals surface area contributed by atoms with Gasteiger partial charge in [-0.05, 0) is 17.5 Å². The van der Waals surface area contributed by atoms with Crippen molar-refractivity contribution in [1.29, 1.82) is 0 Å². The second-order valence-electron chi connectivity index (χ2n) is 5.99. The zero-order valence-corrected chi connectivity index (χ0v) is 14.7. The normalized spacial score (nSPS) is 14.0. The SMILES string of the molecule is CCC(C)C(N)C(=O)NCC(C)(C)c1ccccc1Cl.Cl. The van der Waals surface area contributed by atoms with Gasteiger partial charge >= 0.3 is 0 Å². The summed E-state index contributed by atoms with van der Waals surface area (Å²) in [6.45, 7) is 8.65. The van der Waals surface area contributed by atoms with Gasteiger partial charge < -0.3 is 11.1 Å². The van der Waals surface area contributed by atoms with Crippen LogP contribution in [0, 0.1) is 5.92 Å². The van der Waals surface area contributed by atoms with Gasteiger partial charge in [0.2, 0.25) is 5.91 Å². The van der Waals surface area contributed by atoms with Gasteiger partial charge in [0.15, 0.2) is 0 Å². The molecule has 0 aliphatic rings. The fourth-order valence-corrected chi connectivity index (χ4v) is 2.44. The van der Waals surface area contributed by atoms with Crippen molar-refractivity contribution in [3.05, 3.63) is 34.9 Å². The van der Waals surface area contributed by atoms with E-state index in [-0.39, 0.29) is 29.6 Å². The van der Waals surface area contributed by atoms with Crippen molar-refractivity contribution in [2.45, 2.75) is 45.6 Å². The number of amides is 1. The Balaban J connectivity index is 0.00000400. The van der Waals surface area contributed by atoms with Crippen molar-refractivity contribution in [1.82, 2.24) is 5.32 Å². The van der Waals surface area contributed by atoms with Crippen LogP contribution in [0.3, 0.4) is 0 Å². The second kappa shape index (κ2) is 8.62. The van der Waals surface area contributed by atoms with Gasteiger partial charge in [0.1, 0.15) is 0 Å². The van der Waals surface area contributed by atoms with Gasteiger partial charge in [-0.15, -0.1) is 12.4 Å². The maximum atomic E-state index is 12.0. The first kappa shape index (κ1) is 20.2. The monoisotopic (exact) mass is 332 g/mol. The molecule has 0 radical (unpaired) electrons. The predicted octanol–water partition coefficient (Wildman–Crippen LogP) is 3.53. The molecule has 2 unspecified atom stereocenters. The summed E-state index contributed by atoms with van der Waals surface area (Å²) in [5.41, 5.74) is 6.73. The molecule has 0 saturated carbocycles. The first-order valence-electron chi connectivity index (χ1n) is 7.08. The van der Waals surface area contributed by atoms with Gasteiger partial charge in [-0.1, -0.05) is 63.9 Å². The molecular weight excluding hydrogens is 307 g/mol. The molecule has 1 aromatic carbocycles. The van der Waals surface area contributed by atoms with Crippen LogP contribution in [0.15, 0.2) is 24.3 Å². The lowest BCUT2D eigenvalue weighted by Crippen LogP contribution is -2.48. The molecule has 21 heavy (non-hydrogen) atoms. The molecular formula is C16H26Cl2N2O. The van der Waals surface area contributed by atoms with Crippen LogP contribution in [-0.2, 0) is 10.2 Å². The summed E-state index contributed by atoms with van der Waals surface area (Å²) in [6, 6.07) is 7.26. The Morgan fingerprint density at radius 2 is 1.95 bits per heavy atom. The molecule has 5 heteroatoms. The third-order valence-corrected chi connectivity index (χ3v) is 4.20. The standard InChI is InChI=1S/C16H25ClN2O.ClH/c1-5-11(2)14(18)15(20)19-10-16(3,4)12-8-6-7-9-13(12)17;/h6-9,11,14H,5,10,18H2,1-4H3,(H,19,20);1H. The minimum atomic E-state index is -0.456. The van der Waals surface area contributed by atoms with E-state index in [9.17, 15) is 4.79 Å². The third-order valence-electron chi connectivity index (χ3n) is 3.87. The number of nitrogens with one attached hydrogen (secondary N) is 1. The van der Waals surface area contributed by atoms with E-state index < -0.39 is 6.04 Å². The molecule has 0 saturated heterocycles. The molecule has 0 heterocycles. The lowest BCUT2D eigenvalue weighted by atomic mass is 9.84. The average Bonchev–Trinajstić information content (AvgIpc) is 2.43. The number of hydrogen-bond acceptors (Lipinski definition) is 2. The zero-order valence-electron chi connectivity index (χ0n) is 13.2. The number of carbonyl (C=O) groups excluding carboxylic acids is 1. The number of benzene rings is 1. The Labute approximate surface area is 139 Å². The Kier molecular flexibility index (Phi) is 8.30. The first-order valence-corrected chi connectivity index (χ1v) is 7.45. The summed E-state index contributed by atoms with van der Waals surface area (Å²) in [7, 11) is 0. The van der Waals surface area contributed by atoms with Crippen molar-refractivity contribution in [3.63, 3.8) is 0 Å². The van der Waals surface area contributed by atoms with Crippen LogP contribution in [-0.4, -0.2) is 18.5 Å². The van der Waals surface area contributed by atoms with Crippen LogP contribution < -0.4 is 11.1 Å². The topological polar surface area (TPSA) is 55.1 Å². The minimum absolute atomic E-state index is 0. The van der Waals surface area contributed by atoms with Gasteiger partial charge in [0.05, 0.1) is 6.04 Å².